The van der Waals surface area contributed by atoms with Gasteiger partial charge >= 0.3 is 0 Å². The van der Waals surface area contributed by atoms with Gasteiger partial charge in [0.15, 0.2) is 11.6 Å². The molecule has 0 amide bonds. The third-order valence-corrected chi connectivity index (χ3v) is 17.1. The van der Waals surface area contributed by atoms with E-state index < -0.39 is 0 Å². The van der Waals surface area contributed by atoms with Crippen LogP contribution in [0.3, 0.4) is 0 Å². The summed E-state index contributed by atoms with van der Waals surface area (Å²) in [5, 5.41) is 9.21. The van der Waals surface area contributed by atoms with Gasteiger partial charge in [0.25, 0.3) is 0 Å². The van der Waals surface area contributed by atoms with Crippen LogP contribution in [-0.4, -0.2) is 19.9 Å². The average molecular weight is 1120 g/mol. The molecule has 4 heterocycles. The second kappa shape index (κ2) is 21.0. The Kier molecular flexibility index (Phi) is 12.1. The third-order valence-electron chi connectivity index (χ3n) is 17.1. The van der Waals surface area contributed by atoms with E-state index in [9.17, 15) is 0 Å². The summed E-state index contributed by atoms with van der Waals surface area (Å²) in [6.45, 7) is 0. The first kappa shape index (κ1) is 50.6. The highest BCUT2D eigenvalue weighted by molar-refractivity contribution is 6.10. The van der Waals surface area contributed by atoms with Crippen LogP contribution in [0.4, 0.5) is 0 Å². The first-order valence-electron chi connectivity index (χ1n) is 29.6. The highest BCUT2D eigenvalue weighted by Gasteiger charge is 2.18. The Balaban J connectivity index is 0.675. The normalized spacial score (nSPS) is 11.6. The number of furan rings is 2. The van der Waals surface area contributed by atoms with E-state index in [0.717, 1.165) is 133 Å². The molecule has 17 aromatic rings. The van der Waals surface area contributed by atoms with Crippen LogP contribution in [0.1, 0.15) is 0 Å². The topological polar surface area (TPSA) is 77.8 Å². The maximum atomic E-state index is 6.69. The molecular weight excluding hydrogens is 1070 g/mol. The molecular formula is C82H50N4O2. The first-order chi connectivity index (χ1) is 43.5. The molecule has 6 nitrogen and oxygen atoms in total. The molecule has 0 aliphatic heterocycles. The van der Waals surface area contributed by atoms with Crippen molar-refractivity contribution in [2.45, 2.75) is 0 Å². The van der Waals surface area contributed by atoms with Gasteiger partial charge in [-0.15, -0.1) is 0 Å². The van der Waals surface area contributed by atoms with Gasteiger partial charge in [-0.2, -0.15) is 0 Å². The standard InChI is InChI=1S/C82H50N4O2/c1-4-13-51(14-5-1)52-23-25-54(26-24-52)61-34-39-69-72-42-37-66(48-80(72)88-77(69)45-61)82-84-74(57-18-8-3-9-19-57)49-75(86-82)64-21-12-20-59(44-64)53-27-30-58(31-28-53)81-83-73(56-16-6-2-7-17-56)50-76(85-81)65-36-41-71-70-40-35-62(46-78(70)87-79(71)47-65)60-33-38-68-63(43-60)32-29-55-15-10-11-22-67(55)68/h1-50H. The lowest BCUT2D eigenvalue weighted by Crippen LogP contribution is -1.96. The van der Waals surface area contributed by atoms with E-state index in [1.807, 2.05) is 42.5 Å². The van der Waals surface area contributed by atoms with E-state index in [1.165, 1.54) is 32.7 Å². The average Bonchev–Trinajstić information content (AvgIpc) is 3.26. The van der Waals surface area contributed by atoms with Crippen LogP contribution in [0.5, 0.6) is 0 Å². The van der Waals surface area contributed by atoms with Crippen molar-refractivity contribution in [2.24, 2.45) is 0 Å². The second-order valence-corrected chi connectivity index (χ2v) is 22.5. The van der Waals surface area contributed by atoms with Crippen LogP contribution in [-0.2, 0) is 0 Å². The summed E-state index contributed by atoms with van der Waals surface area (Å²) in [6.07, 6.45) is 0. The van der Waals surface area contributed by atoms with Crippen LogP contribution in [0.2, 0.25) is 0 Å². The lowest BCUT2D eigenvalue weighted by molar-refractivity contribution is 0.669. The Morgan fingerprint density at radius 2 is 0.489 bits per heavy atom. The van der Waals surface area contributed by atoms with Gasteiger partial charge in [-0.05, 0) is 139 Å². The van der Waals surface area contributed by atoms with Gasteiger partial charge in [0, 0.05) is 54.9 Å². The minimum Gasteiger partial charge on any atom is -0.456 e. The lowest BCUT2D eigenvalue weighted by Gasteiger charge is -2.11. The van der Waals surface area contributed by atoms with Crippen molar-refractivity contribution in [3.8, 4) is 112 Å². The molecule has 0 spiro atoms. The first-order valence-corrected chi connectivity index (χ1v) is 29.6. The maximum absolute atomic E-state index is 6.69. The largest absolute Gasteiger partial charge is 0.456 e. The van der Waals surface area contributed by atoms with Crippen molar-refractivity contribution >= 4 is 65.4 Å². The Bertz CT molecular complexity index is 5540. The van der Waals surface area contributed by atoms with Gasteiger partial charge in [0.05, 0.1) is 22.8 Å². The molecule has 13 aromatic carbocycles. The lowest BCUT2D eigenvalue weighted by atomic mass is 9.97. The zero-order chi connectivity index (χ0) is 58.1. The quantitative estimate of drug-likeness (QED) is 0.127. The summed E-state index contributed by atoms with van der Waals surface area (Å²) in [6, 6.07) is 106. The Morgan fingerprint density at radius 3 is 1.06 bits per heavy atom. The van der Waals surface area contributed by atoms with Crippen molar-refractivity contribution in [3.05, 3.63) is 303 Å². The van der Waals surface area contributed by atoms with Gasteiger partial charge < -0.3 is 8.83 Å². The zero-order valence-corrected chi connectivity index (χ0v) is 47.5. The molecule has 0 fully saturated rings. The van der Waals surface area contributed by atoms with Gasteiger partial charge in [0.1, 0.15) is 22.3 Å². The molecule has 0 saturated heterocycles. The van der Waals surface area contributed by atoms with Crippen LogP contribution in [0, 0.1) is 0 Å². The van der Waals surface area contributed by atoms with Crippen molar-refractivity contribution in [2.75, 3.05) is 0 Å². The van der Waals surface area contributed by atoms with Crippen LogP contribution in [0.25, 0.3) is 178 Å². The molecule has 88 heavy (non-hydrogen) atoms. The molecule has 0 unspecified atom stereocenters. The maximum Gasteiger partial charge on any atom is 0.160 e. The van der Waals surface area contributed by atoms with Gasteiger partial charge in [-0.25, -0.2) is 19.9 Å². The number of nitrogens with zero attached hydrogens (tertiary/aromatic N) is 4. The molecule has 0 radical (unpaired) electrons. The minimum atomic E-state index is 0.614. The van der Waals surface area contributed by atoms with Gasteiger partial charge in [-0.1, -0.05) is 231 Å². The van der Waals surface area contributed by atoms with Crippen LogP contribution in [0.15, 0.2) is 312 Å². The number of aromatic nitrogens is 4. The molecule has 0 bridgehead atoms. The molecule has 410 valence electrons. The van der Waals surface area contributed by atoms with E-state index in [2.05, 4.69) is 261 Å². The Labute approximate surface area is 507 Å². The predicted molar refractivity (Wildman–Crippen MR) is 362 cm³/mol. The third kappa shape index (κ3) is 9.24. The van der Waals surface area contributed by atoms with Crippen LogP contribution >= 0.6 is 0 Å². The smallest absolute Gasteiger partial charge is 0.160 e. The number of benzene rings is 13. The minimum absolute atomic E-state index is 0.614. The molecule has 4 aromatic heterocycles. The molecule has 0 N–H and O–H groups in total. The zero-order valence-electron chi connectivity index (χ0n) is 47.5. The fourth-order valence-corrected chi connectivity index (χ4v) is 12.5. The summed E-state index contributed by atoms with van der Waals surface area (Å²) in [4.78, 5) is 20.9. The second-order valence-electron chi connectivity index (χ2n) is 22.5. The van der Waals surface area contributed by atoms with E-state index in [-0.39, 0.29) is 0 Å². The molecule has 0 saturated carbocycles. The summed E-state index contributed by atoms with van der Waals surface area (Å²) in [5.41, 5.74) is 21.2. The number of hydrogen-bond acceptors (Lipinski definition) is 6. The number of hydrogen-bond donors (Lipinski definition) is 0. The Morgan fingerprint density at radius 1 is 0.170 bits per heavy atom. The summed E-state index contributed by atoms with van der Waals surface area (Å²) >= 11 is 0. The van der Waals surface area contributed by atoms with Crippen LogP contribution < -0.4 is 0 Å². The van der Waals surface area contributed by atoms with E-state index in [0.29, 0.717) is 11.6 Å². The fourth-order valence-electron chi connectivity index (χ4n) is 12.5. The summed E-state index contributed by atoms with van der Waals surface area (Å²) in [7, 11) is 0. The molecule has 0 aliphatic carbocycles. The summed E-state index contributed by atoms with van der Waals surface area (Å²) < 4.78 is 13.3. The molecule has 0 atom stereocenters. The van der Waals surface area contributed by atoms with Crippen molar-refractivity contribution in [1.29, 1.82) is 0 Å². The Hall–Kier alpha value is -11.9. The number of rotatable bonds is 10. The fraction of sp³-hybridized carbons (Fsp3) is 0. The highest BCUT2D eigenvalue weighted by Crippen LogP contribution is 2.40. The summed E-state index contributed by atoms with van der Waals surface area (Å²) in [5.74, 6) is 1.25. The van der Waals surface area contributed by atoms with Crippen molar-refractivity contribution < 1.29 is 8.83 Å². The van der Waals surface area contributed by atoms with Crippen molar-refractivity contribution in [3.63, 3.8) is 0 Å². The number of fused-ring (bicyclic) bond motifs is 9. The molecule has 6 heteroatoms. The van der Waals surface area contributed by atoms with E-state index in [1.54, 1.807) is 0 Å². The monoisotopic (exact) mass is 1120 g/mol. The highest BCUT2D eigenvalue weighted by atomic mass is 16.3. The SMILES string of the molecule is c1ccc(-c2ccc(-c3ccc4c(c3)oc3cc(-c5nc(-c6ccccc6)cc(-c6cccc(-c7ccc(-c8nc(-c9ccccc9)cc(-c9ccc%10c(c9)oc9cc(-c%11ccc%12c(ccc%13ccccc%13%12)c%11)ccc9%10)n8)cc7)c6)n5)ccc34)cc2)cc1. The van der Waals surface area contributed by atoms with E-state index in [4.69, 9.17) is 28.8 Å². The van der Waals surface area contributed by atoms with Crippen molar-refractivity contribution in [1.82, 2.24) is 19.9 Å². The van der Waals surface area contributed by atoms with E-state index >= 15 is 0 Å². The molecule has 0 aliphatic rings. The predicted octanol–water partition coefficient (Wildman–Crippen LogP) is 22.0. The van der Waals surface area contributed by atoms with Gasteiger partial charge in [-0.3, -0.25) is 0 Å². The van der Waals surface area contributed by atoms with Gasteiger partial charge in [0.2, 0.25) is 0 Å². The molecule has 17 rings (SSSR count).